The first-order chi connectivity index (χ1) is 14.5. The van der Waals surface area contributed by atoms with Crippen LogP contribution in [-0.2, 0) is 4.79 Å². The first-order valence-electron chi connectivity index (χ1n) is 8.93. The second kappa shape index (κ2) is 9.78. The number of carboxylic acids is 1. The molecule has 0 aliphatic rings. The summed E-state index contributed by atoms with van der Waals surface area (Å²) in [4.78, 5) is 25.4. The molecule has 2 aromatic heterocycles. The van der Waals surface area contributed by atoms with Crippen LogP contribution in [0.5, 0.6) is 5.88 Å². The third kappa shape index (κ3) is 6.32. The Hall–Kier alpha value is -3.83. The first kappa shape index (κ1) is 23.4. The Kier molecular flexibility index (Phi) is 7.40. The SMILES string of the molecule is CCOc1cc(C(=O)Nc2ccc(-n3cnc(C)c3C)cc2)[nH]n1.O=C(O)C(F)(F)F. The number of aromatic nitrogens is 4. The summed E-state index contributed by atoms with van der Waals surface area (Å²) in [5.74, 6) is -2.62. The highest BCUT2D eigenvalue weighted by atomic mass is 19.4. The van der Waals surface area contributed by atoms with Gasteiger partial charge >= 0.3 is 12.1 Å². The summed E-state index contributed by atoms with van der Waals surface area (Å²) in [5, 5.41) is 16.5. The fourth-order valence-electron chi connectivity index (χ4n) is 2.30. The second-order valence-corrected chi connectivity index (χ2v) is 6.14. The van der Waals surface area contributed by atoms with Crippen LogP contribution in [0, 0.1) is 13.8 Å². The van der Waals surface area contributed by atoms with Crippen molar-refractivity contribution in [2.75, 3.05) is 11.9 Å². The lowest BCUT2D eigenvalue weighted by Gasteiger charge is -2.08. The number of benzene rings is 1. The number of amides is 1. The van der Waals surface area contributed by atoms with Crippen LogP contribution in [0.3, 0.4) is 0 Å². The van der Waals surface area contributed by atoms with Gasteiger partial charge in [-0.1, -0.05) is 0 Å². The highest BCUT2D eigenvalue weighted by Gasteiger charge is 2.38. The van der Waals surface area contributed by atoms with Crippen LogP contribution in [0.4, 0.5) is 18.9 Å². The standard InChI is InChI=1S/C17H19N5O2.C2HF3O2/c1-4-24-16-9-15(20-21-16)17(23)19-13-5-7-14(8-6-13)22-10-18-11(2)12(22)3;3-2(4,5)1(6)7/h5-10H,4H2,1-3H3,(H,19,23)(H,20,21);(H,6,7). The van der Waals surface area contributed by atoms with E-state index in [4.69, 9.17) is 14.6 Å². The highest BCUT2D eigenvalue weighted by molar-refractivity contribution is 6.03. The number of nitrogens with one attached hydrogen (secondary N) is 2. The predicted octanol–water partition coefficient (Wildman–Crippen LogP) is 3.50. The molecule has 0 atom stereocenters. The highest BCUT2D eigenvalue weighted by Crippen LogP contribution is 2.18. The third-order valence-corrected chi connectivity index (χ3v) is 3.99. The number of H-pyrrole nitrogens is 1. The van der Waals surface area contributed by atoms with Gasteiger partial charge in [-0.3, -0.25) is 9.89 Å². The Morgan fingerprint density at radius 3 is 2.32 bits per heavy atom. The van der Waals surface area contributed by atoms with Crippen molar-refractivity contribution in [2.24, 2.45) is 0 Å². The molecular formula is C19H20F3N5O4. The molecule has 0 aliphatic heterocycles. The summed E-state index contributed by atoms with van der Waals surface area (Å²) in [6, 6.07) is 9.14. The normalized spacial score (nSPS) is 10.8. The van der Waals surface area contributed by atoms with Crippen molar-refractivity contribution >= 4 is 17.6 Å². The van der Waals surface area contributed by atoms with E-state index in [-0.39, 0.29) is 5.91 Å². The maximum atomic E-state index is 12.2. The van der Waals surface area contributed by atoms with Crippen LogP contribution in [0.1, 0.15) is 28.8 Å². The number of ether oxygens (including phenoxy) is 1. The van der Waals surface area contributed by atoms with Gasteiger partial charge in [-0.25, -0.2) is 9.78 Å². The van der Waals surface area contributed by atoms with Gasteiger partial charge in [-0.05, 0) is 45.0 Å². The van der Waals surface area contributed by atoms with E-state index in [0.717, 1.165) is 17.1 Å². The fraction of sp³-hybridized carbons (Fsp3) is 0.263. The minimum atomic E-state index is -5.08. The number of anilines is 1. The van der Waals surface area contributed by atoms with E-state index < -0.39 is 12.1 Å². The number of aryl methyl sites for hydroxylation is 1. The van der Waals surface area contributed by atoms with Gasteiger partial charge in [-0.15, -0.1) is 5.10 Å². The Morgan fingerprint density at radius 1 is 1.23 bits per heavy atom. The van der Waals surface area contributed by atoms with Crippen LogP contribution < -0.4 is 10.1 Å². The summed E-state index contributed by atoms with van der Waals surface area (Å²) in [5.41, 5.74) is 4.13. The zero-order valence-electron chi connectivity index (χ0n) is 16.8. The number of aliphatic carboxylic acids is 1. The summed E-state index contributed by atoms with van der Waals surface area (Å²) in [6.07, 6.45) is -3.29. The smallest absolute Gasteiger partial charge is 0.477 e. The zero-order valence-corrected chi connectivity index (χ0v) is 16.8. The van der Waals surface area contributed by atoms with Crippen molar-refractivity contribution in [2.45, 2.75) is 26.9 Å². The first-order valence-corrected chi connectivity index (χ1v) is 8.93. The van der Waals surface area contributed by atoms with Crippen LogP contribution in [0.2, 0.25) is 0 Å². The molecule has 0 fully saturated rings. The van der Waals surface area contributed by atoms with Gasteiger partial charge in [0.05, 0.1) is 18.6 Å². The van der Waals surface area contributed by atoms with Gasteiger partial charge < -0.3 is 19.7 Å². The molecule has 0 spiro atoms. The van der Waals surface area contributed by atoms with E-state index >= 15 is 0 Å². The summed E-state index contributed by atoms with van der Waals surface area (Å²) < 4.78 is 39.0. The molecule has 31 heavy (non-hydrogen) atoms. The number of imidazole rings is 1. The van der Waals surface area contributed by atoms with Crippen molar-refractivity contribution in [1.29, 1.82) is 0 Å². The molecule has 2 heterocycles. The fourth-order valence-corrected chi connectivity index (χ4v) is 2.30. The average molecular weight is 439 g/mol. The van der Waals surface area contributed by atoms with E-state index in [9.17, 15) is 18.0 Å². The lowest BCUT2D eigenvalue weighted by molar-refractivity contribution is -0.192. The van der Waals surface area contributed by atoms with E-state index in [2.05, 4.69) is 20.5 Å². The monoisotopic (exact) mass is 439 g/mol. The van der Waals surface area contributed by atoms with Crippen LogP contribution in [0.25, 0.3) is 5.69 Å². The summed E-state index contributed by atoms with van der Waals surface area (Å²) >= 11 is 0. The quantitative estimate of drug-likeness (QED) is 0.559. The molecule has 0 radical (unpaired) electrons. The molecule has 12 heteroatoms. The topological polar surface area (TPSA) is 122 Å². The molecule has 0 unspecified atom stereocenters. The largest absolute Gasteiger partial charge is 0.490 e. The van der Waals surface area contributed by atoms with Crippen molar-refractivity contribution in [1.82, 2.24) is 19.7 Å². The number of carboxylic acid groups (broad SMARTS) is 1. The molecular weight excluding hydrogens is 419 g/mol. The molecule has 3 N–H and O–H groups in total. The van der Waals surface area contributed by atoms with Crippen molar-refractivity contribution in [3.8, 4) is 11.6 Å². The van der Waals surface area contributed by atoms with Gasteiger partial charge in [-0.2, -0.15) is 13.2 Å². The van der Waals surface area contributed by atoms with Crippen LogP contribution >= 0.6 is 0 Å². The lowest BCUT2D eigenvalue weighted by Crippen LogP contribution is -2.21. The van der Waals surface area contributed by atoms with Gasteiger partial charge in [0.25, 0.3) is 5.91 Å². The zero-order chi connectivity index (χ0) is 23.2. The number of rotatable bonds is 5. The molecule has 1 aromatic carbocycles. The van der Waals surface area contributed by atoms with E-state index in [1.165, 1.54) is 0 Å². The molecule has 0 aliphatic carbocycles. The molecule has 1 amide bonds. The Labute approximate surface area is 174 Å². The van der Waals surface area contributed by atoms with E-state index in [1.807, 2.05) is 49.6 Å². The second-order valence-electron chi connectivity index (χ2n) is 6.14. The molecule has 3 rings (SSSR count). The van der Waals surface area contributed by atoms with Crippen LogP contribution in [0.15, 0.2) is 36.7 Å². The molecule has 0 saturated carbocycles. The lowest BCUT2D eigenvalue weighted by atomic mass is 10.2. The minimum Gasteiger partial charge on any atom is -0.477 e. The van der Waals surface area contributed by atoms with E-state index in [1.54, 1.807) is 12.4 Å². The minimum absolute atomic E-state index is 0.268. The Balaban J connectivity index is 0.000000423. The van der Waals surface area contributed by atoms with Gasteiger partial charge in [0.2, 0.25) is 5.88 Å². The Morgan fingerprint density at radius 2 is 1.84 bits per heavy atom. The van der Waals surface area contributed by atoms with Crippen molar-refractivity contribution in [3.63, 3.8) is 0 Å². The van der Waals surface area contributed by atoms with Gasteiger partial charge in [0.1, 0.15) is 5.69 Å². The molecule has 9 nitrogen and oxygen atoms in total. The summed E-state index contributed by atoms with van der Waals surface area (Å²) in [6.45, 7) is 6.35. The maximum absolute atomic E-state index is 12.2. The number of alkyl halides is 3. The average Bonchev–Trinajstić information content (AvgIpc) is 3.30. The number of nitrogens with zero attached hydrogens (tertiary/aromatic N) is 3. The van der Waals surface area contributed by atoms with Gasteiger partial charge in [0.15, 0.2) is 0 Å². The molecule has 0 saturated heterocycles. The van der Waals surface area contributed by atoms with E-state index in [0.29, 0.717) is 23.9 Å². The number of aromatic amines is 1. The van der Waals surface area contributed by atoms with Crippen molar-refractivity contribution < 1.29 is 32.6 Å². The summed E-state index contributed by atoms with van der Waals surface area (Å²) in [7, 11) is 0. The van der Waals surface area contributed by atoms with Crippen molar-refractivity contribution in [3.05, 3.63) is 53.7 Å². The predicted molar refractivity (Wildman–Crippen MR) is 104 cm³/mol. The molecule has 166 valence electrons. The van der Waals surface area contributed by atoms with Crippen LogP contribution in [-0.4, -0.2) is 49.5 Å². The number of hydrogen-bond donors (Lipinski definition) is 3. The molecule has 3 aromatic rings. The number of carbonyl (C=O) groups excluding carboxylic acids is 1. The number of hydrogen-bond acceptors (Lipinski definition) is 5. The van der Waals surface area contributed by atoms with Gasteiger partial charge in [0, 0.05) is 23.1 Å². The third-order valence-electron chi connectivity index (χ3n) is 3.99. The molecule has 0 bridgehead atoms. The number of carbonyl (C=O) groups is 2. The maximum Gasteiger partial charge on any atom is 0.490 e. The number of halogens is 3. The Bertz CT molecular complexity index is 1040.